The van der Waals surface area contributed by atoms with Crippen molar-refractivity contribution in [2.24, 2.45) is 0 Å². The Morgan fingerprint density at radius 2 is 1.95 bits per heavy atom. The van der Waals surface area contributed by atoms with Gasteiger partial charge in [-0.15, -0.1) is 0 Å². The van der Waals surface area contributed by atoms with Crippen molar-refractivity contribution in [2.75, 3.05) is 6.61 Å². The Morgan fingerprint density at radius 3 is 2.57 bits per heavy atom. The van der Waals surface area contributed by atoms with E-state index < -0.39 is 5.97 Å². The topological polar surface area (TPSA) is 86.8 Å². The first-order valence-corrected chi connectivity index (χ1v) is 6.83. The van der Waals surface area contributed by atoms with Gasteiger partial charge in [0.15, 0.2) is 0 Å². The number of carbonyl (C=O) groups excluding carboxylic acids is 1. The van der Waals surface area contributed by atoms with Crippen molar-refractivity contribution in [1.82, 2.24) is 4.98 Å². The molecule has 0 spiro atoms. The van der Waals surface area contributed by atoms with Crippen LogP contribution in [0.1, 0.15) is 34.1 Å². The Hall–Kier alpha value is -2.40. The van der Waals surface area contributed by atoms with Crippen molar-refractivity contribution in [3.63, 3.8) is 0 Å². The highest BCUT2D eigenvalue weighted by molar-refractivity contribution is 5.91. The highest BCUT2D eigenvalue weighted by atomic mass is 16.5. The van der Waals surface area contributed by atoms with Crippen LogP contribution in [0.15, 0.2) is 35.1 Å². The Labute approximate surface area is 122 Å². The molecule has 0 radical (unpaired) electrons. The summed E-state index contributed by atoms with van der Waals surface area (Å²) in [5, 5.41) is 0. The third kappa shape index (κ3) is 3.20. The molecule has 0 saturated carbocycles. The molecule has 2 aromatic rings. The Morgan fingerprint density at radius 1 is 1.29 bits per heavy atom. The van der Waals surface area contributed by atoms with E-state index in [2.05, 4.69) is 10.7 Å². The third-order valence-corrected chi connectivity index (χ3v) is 3.28. The molecule has 0 aliphatic carbocycles. The molecule has 1 aromatic heterocycles. The van der Waals surface area contributed by atoms with Crippen LogP contribution in [0.3, 0.4) is 0 Å². The highest BCUT2D eigenvalue weighted by Crippen LogP contribution is 2.13. The predicted molar refractivity (Wildman–Crippen MR) is 79.6 cm³/mol. The molecule has 0 unspecified atom stereocenters. The van der Waals surface area contributed by atoms with Crippen LogP contribution >= 0.6 is 0 Å². The Bertz CT molecular complexity index is 705. The molecule has 0 aliphatic heterocycles. The van der Waals surface area contributed by atoms with Gasteiger partial charge in [0, 0.05) is 12.1 Å². The van der Waals surface area contributed by atoms with E-state index in [-0.39, 0.29) is 17.6 Å². The summed E-state index contributed by atoms with van der Waals surface area (Å²) in [6, 6.07) is 9.60. The summed E-state index contributed by atoms with van der Waals surface area (Å²) in [6.45, 7) is 3.62. The van der Waals surface area contributed by atoms with Gasteiger partial charge in [-0.2, -0.15) is 0 Å². The molecule has 0 fully saturated rings. The van der Waals surface area contributed by atoms with Gasteiger partial charge in [-0.25, -0.2) is 4.79 Å². The Balaban J connectivity index is 2.49. The first-order chi connectivity index (χ1) is 10.0. The van der Waals surface area contributed by atoms with Crippen LogP contribution in [0.2, 0.25) is 0 Å². The molecular formula is C16H19N2O3+. The van der Waals surface area contributed by atoms with Crippen LogP contribution in [0.5, 0.6) is 0 Å². The van der Waals surface area contributed by atoms with E-state index in [1.165, 1.54) is 0 Å². The van der Waals surface area contributed by atoms with Gasteiger partial charge in [-0.3, -0.25) is 4.79 Å². The fraction of sp³-hybridized carbons (Fsp3) is 0.250. The van der Waals surface area contributed by atoms with Crippen molar-refractivity contribution in [3.05, 3.63) is 62.9 Å². The monoisotopic (exact) mass is 287 g/mol. The van der Waals surface area contributed by atoms with Crippen LogP contribution < -0.4 is 11.2 Å². The number of carbonyl (C=O) groups is 1. The van der Waals surface area contributed by atoms with E-state index >= 15 is 0 Å². The van der Waals surface area contributed by atoms with Gasteiger partial charge in [0.2, 0.25) is 11.2 Å². The average molecular weight is 287 g/mol. The number of aryl methyl sites for hydroxylation is 1. The number of aromatic nitrogens is 1. The molecular weight excluding hydrogens is 268 g/mol. The number of hydrogen-bond donors (Lipinski definition) is 2. The lowest BCUT2D eigenvalue weighted by Gasteiger charge is -2.09. The quantitative estimate of drug-likeness (QED) is 0.832. The summed E-state index contributed by atoms with van der Waals surface area (Å²) in [5.74, 6) is -0.0556. The van der Waals surface area contributed by atoms with Crippen LogP contribution in [0, 0.1) is 6.92 Å². The largest absolute Gasteiger partial charge is 0.462 e. The van der Waals surface area contributed by atoms with Crippen molar-refractivity contribution in [1.29, 1.82) is 0 Å². The number of quaternary nitrogens is 1. The second kappa shape index (κ2) is 6.37. The molecule has 0 saturated heterocycles. The van der Waals surface area contributed by atoms with E-state index in [1.54, 1.807) is 13.8 Å². The van der Waals surface area contributed by atoms with E-state index in [0.29, 0.717) is 23.5 Å². The lowest BCUT2D eigenvalue weighted by atomic mass is 10.0. The van der Waals surface area contributed by atoms with Gasteiger partial charge in [0.25, 0.3) is 0 Å². The van der Waals surface area contributed by atoms with Gasteiger partial charge in [0.05, 0.1) is 12.2 Å². The van der Waals surface area contributed by atoms with E-state index in [9.17, 15) is 9.59 Å². The molecule has 2 rings (SSSR count). The van der Waals surface area contributed by atoms with Gasteiger partial charge < -0.3 is 15.5 Å². The van der Waals surface area contributed by atoms with E-state index in [4.69, 9.17) is 4.74 Å². The minimum Gasteiger partial charge on any atom is -0.462 e. The molecule has 4 N–H and O–H groups in total. The number of H-pyrrole nitrogens is 1. The van der Waals surface area contributed by atoms with E-state index in [0.717, 1.165) is 5.56 Å². The van der Waals surface area contributed by atoms with Crippen molar-refractivity contribution >= 4 is 11.8 Å². The van der Waals surface area contributed by atoms with Gasteiger partial charge in [-0.05, 0) is 19.4 Å². The molecule has 1 aromatic carbocycles. The summed E-state index contributed by atoms with van der Waals surface area (Å²) in [4.78, 5) is 27.5. The summed E-state index contributed by atoms with van der Waals surface area (Å²) >= 11 is 0. The fourth-order valence-corrected chi connectivity index (χ4v) is 2.26. The zero-order valence-corrected chi connectivity index (χ0v) is 12.2. The number of benzene rings is 1. The minimum absolute atomic E-state index is 0.0650. The summed E-state index contributed by atoms with van der Waals surface area (Å²) in [7, 11) is 0. The summed E-state index contributed by atoms with van der Waals surface area (Å²) < 4.78 is 4.96. The molecule has 5 nitrogen and oxygen atoms in total. The standard InChI is InChI=1S/C16H18N2O3/c1-3-21-16(20)13-10(2)18-15(17)12(14(13)19)9-11-7-5-4-6-8-11/h4-8H,3,9H2,1-2H3,(H3,17,18,19)/p+1. The second-order valence-electron chi connectivity index (χ2n) is 4.79. The second-order valence-corrected chi connectivity index (χ2v) is 4.79. The van der Waals surface area contributed by atoms with Gasteiger partial charge in [-0.1, -0.05) is 30.3 Å². The molecule has 1 heterocycles. The highest BCUT2D eigenvalue weighted by Gasteiger charge is 2.21. The summed E-state index contributed by atoms with van der Waals surface area (Å²) in [6.07, 6.45) is 0.432. The lowest BCUT2D eigenvalue weighted by molar-refractivity contribution is -0.262. The molecule has 0 bridgehead atoms. The number of esters is 1. The molecule has 110 valence electrons. The number of rotatable bonds is 4. The molecule has 0 aliphatic rings. The van der Waals surface area contributed by atoms with Gasteiger partial charge in [0.1, 0.15) is 5.56 Å². The first kappa shape index (κ1) is 15.0. The number of pyridine rings is 1. The van der Waals surface area contributed by atoms with Crippen LogP contribution in [0.25, 0.3) is 0 Å². The van der Waals surface area contributed by atoms with Crippen LogP contribution in [-0.4, -0.2) is 17.6 Å². The first-order valence-electron chi connectivity index (χ1n) is 6.83. The summed E-state index contributed by atoms with van der Waals surface area (Å²) in [5.41, 5.74) is 5.61. The van der Waals surface area contributed by atoms with Gasteiger partial charge >= 0.3 is 5.97 Å². The van der Waals surface area contributed by atoms with E-state index in [1.807, 2.05) is 30.3 Å². The number of aromatic amines is 1. The maximum atomic E-state index is 12.6. The minimum atomic E-state index is -0.592. The maximum absolute atomic E-state index is 12.6. The van der Waals surface area contributed by atoms with Crippen LogP contribution in [-0.2, 0) is 11.2 Å². The average Bonchev–Trinajstić information content (AvgIpc) is 2.44. The van der Waals surface area contributed by atoms with Crippen molar-refractivity contribution < 1.29 is 15.3 Å². The number of nitrogens with one attached hydrogen (secondary N) is 1. The zero-order chi connectivity index (χ0) is 15.4. The normalized spacial score (nSPS) is 10.4. The molecule has 0 atom stereocenters. The smallest absolute Gasteiger partial charge is 0.343 e. The SMILES string of the molecule is CCOC(=O)c1c(C)[nH]c([NH3+])c(Cc2ccccc2)c1=O. The van der Waals surface area contributed by atoms with Crippen molar-refractivity contribution in [2.45, 2.75) is 20.3 Å². The molecule has 21 heavy (non-hydrogen) atoms. The van der Waals surface area contributed by atoms with Crippen molar-refractivity contribution in [3.8, 4) is 0 Å². The molecule has 0 amide bonds. The number of hydrogen-bond acceptors (Lipinski definition) is 3. The number of ether oxygens (including phenoxy) is 1. The molecule has 5 heteroatoms. The lowest BCUT2D eigenvalue weighted by Crippen LogP contribution is -2.45. The third-order valence-electron chi connectivity index (χ3n) is 3.28. The predicted octanol–water partition coefficient (Wildman–Crippen LogP) is 1.32. The fourth-order valence-electron chi connectivity index (χ4n) is 2.26. The zero-order valence-electron chi connectivity index (χ0n) is 12.2. The Kier molecular flexibility index (Phi) is 4.55. The maximum Gasteiger partial charge on any atom is 0.343 e. The van der Waals surface area contributed by atoms with Crippen LogP contribution in [0.4, 0.5) is 5.82 Å².